The van der Waals surface area contributed by atoms with Crippen LogP contribution in [0.2, 0.25) is 0 Å². The molecule has 0 aromatic rings. The summed E-state index contributed by atoms with van der Waals surface area (Å²) in [7, 11) is 0. The summed E-state index contributed by atoms with van der Waals surface area (Å²) in [6.45, 7) is 10.6. The SMILES string of the molecule is CCNC1C(SC(C)CCO)CCCC1(C)C. The molecule has 0 aromatic carbocycles. The van der Waals surface area contributed by atoms with Crippen molar-refractivity contribution in [2.45, 2.75) is 69.9 Å². The monoisotopic (exact) mass is 259 g/mol. The lowest BCUT2D eigenvalue weighted by Gasteiger charge is -2.45. The summed E-state index contributed by atoms with van der Waals surface area (Å²) in [6.07, 6.45) is 4.91. The molecule has 0 bridgehead atoms. The van der Waals surface area contributed by atoms with E-state index in [4.69, 9.17) is 5.11 Å². The summed E-state index contributed by atoms with van der Waals surface area (Å²) in [5.74, 6) is 0. The van der Waals surface area contributed by atoms with E-state index in [1.54, 1.807) is 0 Å². The summed E-state index contributed by atoms with van der Waals surface area (Å²) >= 11 is 2.07. The maximum Gasteiger partial charge on any atom is 0.0441 e. The smallest absolute Gasteiger partial charge is 0.0441 e. The van der Waals surface area contributed by atoms with Crippen molar-refractivity contribution in [1.29, 1.82) is 0 Å². The van der Waals surface area contributed by atoms with Crippen LogP contribution in [-0.2, 0) is 0 Å². The van der Waals surface area contributed by atoms with E-state index >= 15 is 0 Å². The summed E-state index contributed by atoms with van der Waals surface area (Å²) in [5.41, 5.74) is 0.408. The van der Waals surface area contributed by atoms with Gasteiger partial charge in [0.05, 0.1) is 0 Å². The molecule has 1 aliphatic rings. The average molecular weight is 259 g/mol. The molecule has 1 aliphatic carbocycles. The molecule has 0 amide bonds. The topological polar surface area (TPSA) is 32.3 Å². The number of aliphatic hydroxyl groups excluding tert-OH is 1. The highest BCUT2D eigenvalue weighted by Gasteiger charge is 2.39. The quantitative estimate of drug-likeness (QED) is 0.769. The van der Waals surface area contributed by atoms with Crippen LogP contribution in [0.4, 0.5) is 0 Å². The van der Waals surface area contributed by atoms with Gasteiger partial charge in [-0.25, -0.2) is 0 Å². The van der Waals surface area contributed by atoms with Crippen molar-refractivity contribution >= 4 is 11.8 Å². The third-order valence-corrected chi connectivity index (χ3v) is 5.45. The molecule has 102 valence electrons. The Morgan fingerprint density at radius 1 is 1.47 bits per heavy atom. The summed E-state index contributed by atoms with van der Waals surface area (Å²) in [4.78, 5) is 0. The zero-order chi connectivity index (χ0) is 12.9. The Balaban J connectivity index is 2.60. The normalized spacial score (nSPS) is 30.2. The van der Waals surface area contributed by atoms with E-state index < -0.39 is 0 Å². The van der Waals surface area contributed by atoms with Gasteiger partial charge in [0.15, 0.2) is 0 Å². The van der Waals surface area contributed by atoms with E-state index in [2.05, 4.69) is 44.8 Å². The highest BCUT2D eigenvalue weighted by atomic mass is 32.2. The molecule has 2 nitrogen and oxygen atoms in total. The first-order chi connectivity index (χ1) is 8.01. The number of hydrogen-bond donors (Lipinski definition) is 2. The van der Waals surface area contributed by atoms with Gasteiger partial charge in [-0.1, -0.05) is 34.1 Å². The molecule has 0 radical (unpaired) electrons. The van der Waals surface area contributed by atoms with Crippen molar-refractivity contribution in [3.05, 3.63) is 0 Å². The molecule has 2 N–H and O–H groups in total. The number of thioether (sulfide) groups is 1. The van der Waals surface area contributed by atoms with Crippen molar-refractivity contribution in [3.8, 4) is 0 Å². The standard InChI is InChI=1S/C14H29NOS/c1-5-15-13-12(17-11(2)8-10-16)7-6-9-14(13,3)4/h11-13,15-16H,5-10H2,1-4H3. The van der Waals surface area contributed by atoms with E-state index in [9.17, 15) is 0 Å². The first-order valence-electron chi connectivity index (χ1n) is 7.01. The van der Waals surface area contributed by atoms with Crippen LogP contribution in [0.15, 0.2) is 0 Å². The maximum absolute atomic E-state index is 9.01. The lowest BCUT2D eigenvalue weighted by atomic mass is 9.73. The van der Waals surface area contributed by atoms with Crippen LogP contribution in [0, 0.1) is 5.41 Å². The van der Waals surface area contributed by atoms with E-state index in [-0.39, 0.29) is 0 Å². The molecule has 1 saturated carbocycles. The highest BCUT2D eigenvalue weighted by molar-refractivity contribution is 8.00. The second-order valence-corrected chi connectivity index (χ2v) is 7.60. The lowest BCUT2D eigenvalue weighted by molar-refractivity contribution is 0.176. The lowest BCUT2D eigenvalue weighted by Crippen LogP contribution is -2.51. The molecule has 0 aliphatic heterocycles. The van der Waals surface area contributed by atoms with Crippen molar-refractivity contribution in [3.63, 3.8) is 0 Å². The maximum atomic E-state index is 9.01. The summed E-state index contributed by atoms with van der Waals surface area (Å²) in [6, 6.07) is 0.618. The highest BCUT2D eigenvalue weighted by Crippen LogP contribution is 2.42. The number of nitrogens with one attached hydrogen (secondary N) is 1. The fraction of sp³-hybridized carbons (Fsp3) is 1.00. The van der Waals surface area contributed by atoms with Gasteiger partial charge in [-0.15, -0.1) is 0 Å². The van der Waals surface area contributed by atoms with Gasteiger partial charge in [-0.3, -0.25) is 0 Å². The Bertz CT molecular complexity index is 220. The average Bonchev–Trinajstić information content (AvgIpc) is 2.23. The van der Waals surface area contributed by atoms with Gasteiger partial charge in [-0.05, 0) is 31.2 Å². The third-order valence-electron chi connectivity index (χ3n) is 3.89. The second-order valence-electron chi connectivity index (χ2n) is 5.91. The van der Waals surface area contributed by atoms with E-state index in [0.717, 1.165) is 13.0 Å². The van der Waals surface area contributed by atoms with Gasteiger partial charge < -0.3 is 10.4 Å². The molecular weight excluding hydrogens is 230 g/mol. The third kappa shape index (κ3) is 4.46. The molecule has 1 rings (SSSR count). The van der Waals surface area contributed by atoms with Gasteiger partial charge >= 0.3 is 0 Å². The zero-order valence-electron chi connectivity index (χ0n) is 11.8. The first kappa shape index (κ1) is 15.3. The molecule has 0 spiro atoms. The molecular formula is C14H29NOS. The van der Waals surface area contributed by atoms with Crippen LogP contribution in [-0.4, -0.2) is 34.8 Å². The van der Waals surface area contributed by atoms with Crippen LogP contribution >= 0.6 is 11.8 Å². The van der Waals surface area contributed by atoms with Crippen LogP contribution in [0.25, 0.3) is 0 Å². The van der Waals surface area contributed by atoms with Gasteiger partial charge in [0.25, 0.3) is 0 Å². The molecule has 0 heterocycles. The van der Waals surface area contributed by atoms with E-state index in [1.807, 2.05) is 0 Å². The molecule has 3 atom stereocenters. The van der Waals surface area contributed by atoms with Crippen LogP contribution in [0.5, 0.6) is 0 Å². The second kappa shape index (κ2) is 7.01. The van der Waals surface area contributed by atoms with Gasteiger partial charge in [0.2, 0.25) is 0 Å². The minimum absolute atomic E-state index is 0.316. The van der Waals surface area contributed by atoms with Crippen molar-refractivity contribution in [2.75, 3.05) is 13.2 Å². The molecule has 17 heavy (non-hydrogen) atoms. The van der Waals surface area contributed by atoms with Gasteiger partial charge in [-0.2, -0.15) is 11.8 Å². The fourth-order valence-corrected chi connectivity index (χ4v) is 4.67. The van der Waals surface area contributed by atoms with Gasteiger partial charge in [0.1, 0.15) is 0 Å². The molecule has 1 fully saturated rings. The van der Waals surface area contributed by atoms with Crippen molar-refractivity contribution < 1.29 is 5.11 Å². The number of aliphatic hydroxyl groups is 1. The Morgan fingerprint density at radius 2 is 2.18 bits per heavy atom. The Morgan fingerprint density at radius 3 is 2.76 bits per heavy atom. The van der Waals surface area contributed by atoms with Crippen LogP contribution in [0.3, 0.4) is 0 Å². The van der Waals surface area contributed by atoms with E-state index in [0.29, 0.717) is 28.6 Å². The van der Waals surface area contributed by atoms with Gasteiger partial charge in [0, 0.05) is 23.1 Å². The fourth-order valence-electron chi connectivity index (χ4n) is 2.91. The summed E-state index contributed by atoms with van der Waals surface area (Å²) in [5, 5.41) is 14.0. The molecule has 3 unspecified atom stereocenters. The molecule has 3 heteroatoms. The minimum Gasteiger partial charge on any atom is -0.396 e. The van der Waals surface area contributed by atoms with Crippen molar-refractivity contribution in [2.24, 2.45) is 5.41 Å². The molecule has 0 aromatic heterocycles. The Labute approximate surface area is 111 Å². The predicted octanol–water partition coefficient (Wildman–Crippen LogP) is 3.05. The van der Waals surface area contributed by atoms with Crippen LogP contribution in [0.1, 0.15) is 53.4 Å². The van der Waals surface area contributed by atoms with E-state index in [1.165, 1.54) is 19.3 Å². The minimum atomic E-state index is 0.316. The first-order valence-corrected chi connectivity index (χ1v) is 7.95. The Kier molecular flexibility index (Phi) is 6.32. The Hall–Kier alpha value is 0.270. The summed E-state index contributed by atoms with van der Waals surface area (Å²) < 4.78 is 0. The van der Waals surface area contributed by atoms with Crippen LogP contribution < -0.4 is 5.32 Å². The molecule has 0 saturated heterocycles. The van der Waals surface area contributed by atoms with Crippen molar-refractivity contribution in [1.82, 2.24) is 5.32 Å². The number of hydrogen-bond acceptors (Lipinski definition) is 3. The largest absolute Gasteiger partial charge is 0.396 e. The zero-order valence-corrected chi connectivity index (χ0v) is 12.6. The predicted molar refractivity (Wildman–Crippen MR) is 77.6 cm³/mol. The number of rotatable bonds is 6.